The first-order chi connectivity index (χ1) is 7.75. The summed E-state index contributed by atoms with van der Waals surface area (Å²) in [7, 11) is 0. The molecule has 2 rings (SSSR count). The van der Waals surface area contributed by atoms with Gasteiger partial charge in [-0.3, -0.25) is 0 Å². The lowest BCUT2D eigenvalue weighted by atomic mass is 10.2. The monoisotopic (exact) mass is 234 g/mol. The number of aromatic nitrogens is 2. The van der Waals surface area contributed by atoms with Crippen LogP contribution in [0.1, 0.15) is 29.5 Å². The number of rotatable bonds is 4. The Morgan fingerprint density at radius 3 is 2.69 bits per heavy atom. The molecule has 0 aliphatic heterocycles. The quantitative estimate of drug-likeness (QED) is 0.813. The predicted octanol–water partition coefficient (Wildman–Crippen LogP) is 3.37. The van der Waals surface area contributed by atoms with Crippen molar-refractivity contribution in [3.8, 4) is 0 Å². The molecule has 16 heavy (non-hydrogen) atoms. The van der Waals surface area contributed by atoms with Crippen LogP contribution >= 0.6 is 11.8 Å². The SMILES string of the molecule is Cc1noc(C(C)SCc2ccccc2)n1. The Balaban J connectivity index is 1.91. The van der Waals surface area contributed by atoms with Crippen molar-refractivity contribution in [2.24, 2.45) is 0 Å². The van der Waals surface area contributed by atoms with E-state index in [0.29, 0.717) is 11.7 Å². The van der Waals surface area contributed by atoms with Gasteiger partial charge in [-0.05, 0) is 19.4 Å². The zero-order valence-electron chi connectivity index (χ0n) is 9.38. The summed E-state index contributed by atoms with van der Waals surface area (Å²) in [6.07, 6.45) is 0. The van der Waals surface area contributed by atoms with Gasteiger partial charge in [0.2, 0.25) is 5.89 Å². The molecule has 0 spiro atoms. The first-order valence-corrected chi connectivity index (χ1v) is 6.26. The summed E-state index contributed by atoms with van der Waals surface area (Å²) in [6, 6.07) is 10.4. The Labute approximate surface area is 99.3 Å². The van der Waals surface area contributed by atoms with Gasteiger partial charge in [-0.2, -0.15) is 4.98 Å². The standard InChI is InChI=1S/C12H14N2OS/c1-9(12-13-10(2)14-15-12)16-8-11-6-4-3-5-7-11/h3-7,9H,8H2,1-2H3. The number of aryl methyl sites for hydroxylation is 1. The summed E-state index contributed by atoms with van der Waals surface area (Å²) in [5.74, 6) is 2.37. The Hall–Kier alpha value is -1.29. The highest BCUT2D eigenvalue weighted by Gasteiger charge is 2.12. The molecule has 84 valence electrons. The van der Waals surface area contributed by atoms with Crippen LogP contribution in [0.3, 0.4) is 0 Å². The van der Waals surface area contributed by atoms with E-state index in [1.165, 1.54) is 5.56 Å². The van der Waals surface area contributed by atoms with Crippen molar-refractivity contribution >= 4 is 11.8 Å². The van der Waals surface area contributed by atoms with Crippen LogP contribution in [-0.2, 0) is 5.75 Å². The van der Waals surface area contributed by atoms with Crippen LogP contribution in [0.2, 0.25) is 0 Å². The van der Waals surface area contributed by atoms with Crippen molar-refractivity contribution in [1.29, 1.82) is 0 Å². The molecular weight excluding hydrogens is 220 g/mol. The average molecular weight is 234 g/mol. The highest BCUT2D eigenvalue weighted by Crippen LogP contribution is 2.29. The fraction of sp³-hybridized carbons (Fsp3) is 0.333. The topological polar surface area (TPSA) is 38.9 Å². The molecule has 0 fully saturated rings. The summed E-state index contributed by atoms with van der Waals surface area (Å²) in [6.45, 7) is 3.92. The molecule has 0 aliphatic carbocycles. The predicted molar refractivity (Wildman–Crippen MR) is 65.2 cm³/mol. The summed E-state index contributed by atoms with van der Waals surface area (Å²) >= 11 is 1.80. The van der Waals surface area contributed by atoms with Gasteiger partial charge in [0.25, 0.3) is 0 Å². The van der Waals surface area contributed by atoms with E-state index in [1.807, 2.05) is 13.0 Å². The minimum absolute atomic E-state index is 0.237. The molecule has 1 aromatic carbocycles. The molecule has 0 bridgehead atoms. The third kappa shape index (κ3) is 2.85. The Morgan fingerprint density at radius 1 is 1.31 bits per heavy atom. The third-order valence-electron chi connectivity index (χ3n) is 2.23. The second-order valence-corrected chi connectivity index (χ2v) is 4.95. The van der Waals surface area contributed by atoms with Gasteiger partial charge in [0.1, 0.15) is 0 Å². The van der Waals surface area contributed by atoms with Crippen molar-refractivity contribution in [2.45, 2.75) is 24.9 Å². The Bertz CT molecular complexity index is 441. The first-order valence-electron chi connectivity index (χ1n) is 5.21. The second kappa shape index (κ2) is 5.16. The molecule has 1 aromatic heterocycles. The van der Waals surface area contributed by atoms with Gasteiger partial charge in [0.15, 0.2) is 5.82 Å². The summed E-state index contributed by atoms with van der Waals surface area (Å²) < 4.78 is 5.13. The molecule has 1 unspecified atom stereocenters. The minimum atomic E-state index is 0.237. The van der Waals surface area contributed by atoms with E-state index >= 15 is 0 Å². The molecule has 0 N–H and O–H groups in total. The molecule has 0 amide bonds. The van der Waals surface area contributed by atoms with Crippen molar-refractivity contribution in [1.82, 2.24) is 10.1 Å². The maximum Gasteiger partial charge on any atom is 0.239 e. The number of hydrogen-bond donors (Lipinski definition) is 0. The minimum Gasteiger partial charge on any atom is -0.338 e. The van der Waals surface area contributed by atoms with Gasteiger partial charge in [-0.1, -0.05) is 35.5 Å². The van der Waals surface area contributed by atoms with E-state index in [2.05, 4.69) is 41.3 Å². The van der Waals surface area contributed by atoms with Gasteiger partial charge < -0.3 is 4.52 Å². The van der Waals surface area contributed by atoms with E-state index in [1.54, 1.807) is 11.8 Å². The van der Waals surface area contributed by atoms with Gasteiger partial charge in [-0.15, -0.1) is 11.8 Å². The molecule has 0 radical (unpaired) electrons. The molecule has 0 saturated carbocycles. The smallest absolute Gasteiger partial charge is 0.239 e. The number of nitrogens with zero attached hydrogens (tertiary/aromatic N) is 2. The highest BCUT2D eigenvalue weighted by molar-refractivity contribution is 7.98. The Kier molecular flexibility index (Phi) is 3.62. The molecule has 0 saturated heterocycles. The first kappa shape index (κ1) is 11.2. The van der Waals surface area contributed by atoms with Gasteiger partial charge in [0, 0.05) is 5.75 Å². The van der Waals surface area contributed by atoms with Crippen molar-refractivity contribution in [3.63, 3.8) is 0 Å². The summed E-state index contributed by atoms with van der Waals surface area (Å²) in [5, 5.41) is 4.03. The highest BCUT2D eigenvalue weighted by atomic mass is 32.2. The van der Waals surface area contributed by atoms with Gasteiger partial charge in [0.05, 0.1) is 5.25 Å². The Morgan fingerprint density at radius 2 is 2.06 bits per heavy atom. The largest absolute Gasteiger partial charge is 0.338 e. The molecule has 2 aromatic rings. The van der Waals surface area contributed by atoms with Crippen LogP contribution in [0.15, 0.2) is 34.9 Å². The lowest BCUT2D eigenvalue weighted by Crippen LogP contribution is -1.90. The second-order valence-electron chi connectivity index (χ2n) is 3.62. The maximum absolute atomic E-state index is 5.13. The van der Waals surface area contributed by atoms with Crippen LogP contribution in [-0.4, -0.2) is 10.1 Å². The van der Waals surface area contributed by atoms with Crippen LogP contribution in [0.4, 0.5) is 0 Å². The molecule has 0 aliphatic rings. The molecular formula is C12H14N2OS. The molecule has 4 heteroatoms. The normalized spacial score (nSPS) is 12.6. The zero-order chi connectivity index (χ0) is 11.4. The van der Waals surface area contributed by atoms with E-state index in [0.717, 1.165) is 5.75 Å². The number of thioether (sulfide) groups is 1. The average Bonchev–Trinajstić information content (AvgIpc) is 2.74. The van der Waals surface area contributed by atoms with E-state index < -0.39 is 0 Å². The number of benzene rings is 1. The summed E-state index contributed by atoms with van der Waals surface area (Å²) in [5.41, 5.74) is 1.32. The number of hydrogen-bond acceptors (Lipinski definition) is 4. The van der Waals surface area contributed by atoms with E-state index in [-0.39, 0.29) is 5.25 Å². The lowest BCUT2D eigenvalue weighted by Gasteiger charge is -2.05. The fourth-order valence-corrected chi connectivity index (χ4v) is 2.22. The molecule has 1 heterocycles. The van der Waals surface area contributed by atoms with Crippen LogP contribution in [0.5, 0.6) is 0 Å². The van der Waals surface area contributed by atoms with Crippen LogP contribution in [0, 0.1) is 6.92 Å². The van der Waals surface area contributed by atoms with Crippen LogP contribution < -0.4 is 0 Å². The fourth-order valence-electron chi connectivity index (χ4n) is 1.34. The van der Waals surface area contributed by atoms with Crippen LogP contribution in [0.25, 0.3) is 0 Å². The molecule has 3 nitrogen and oxygen atoms in total. The third-order valence-corrected chi connectivity index (χ3v) is 3.44. The molecule has 1 atom stereocenters. The lowest BCUT2D eigenvalue weighted by molar-refractivity contribution is 0.376. The zero-order valence-corrected chi connectivity index (χ0v) is 10.2. The summed E-state index contributed by atoms with van der Waals surface area (Å²) in [4.78, 5) is 4.22. The van der Waals surface area contributed by atoms with Gasteiger partial charge >= 0.3 is 0 Å². The van der Waals surface area contributed by atoms with E-state index in [4.69, 9.17) is 4.52 Å². The van der Waals surface area contributed by atoms with Crippen molar-refractivity contribution < 1.29 is 4.52 Å². The van der Waals surface area contributed by atoms with Crippen molar-refractivity contribution in [2.75, 3.05) is 0 Å². The van der Waals surface area contributed by atoms with Gasteiger partial charge in [-0.25, -0.2) is 0 Å². The van der Waals surface area contributed by atoms with E-state index in [9.17, 15) is 0 Å². The maximum atomic E-state index is 5.13. The van der Waals surface area contributed by atoms with Crippen molar-refractivity contribution in [3.05, 3.63) is 47.6 Å².